The molecule has 1 unspecified atom stereocenters. The SMILES string of the molecule is CC1CCCCN1S(=O)(=O)c1ccc(C(=O)NCc2ccc(N3CCNC(=O)C3)cc2)cc1. The Morgan fingerprint density at radius 1 is 1.06 bits per heavy atom. The normalized spacial score (nSPS) is 19.7. The molecule has 8 nitrogen and oxygen atoms in total. The van der Waals surface area contributed by atoms with Crippen LogP contribution in [0.3, 0.4) is 0 Å². The summed E-state index contributed by atoms with van der Waals surface area (Å²) < 4.78 is 27.5. The molecule has 2 saturated heterocycles. The van der Waals surface area contributed by atoms with Crippen molar-refractivity contribution in [2.75, 3.05) is 31.1 Å². The van der Waals surface area contributed by atoms with Crippen LogP contribution in [-0.4, -0.2) is 56.8 Å². The average Bonchev–Trinajstić information content (AvgIpc) is 2.83. The highest BCUT2D eigenvalue weighted by atomic mass is 32.2. The molecule has 2 N–H and O–H groups in total. The number of nitrogens with one attached hydrogen (secondary N) is 2. The van der Waals surface area contributed by atoms with Gasteiger partial charge in [-0.15, -0.1) is 0 Å². The predicted molar refractivity (Wildman–Crippen MR) is 126 cm³/mol. The van der Waals surface area contributed by atoms with E-state index in [9.17, 15) is 18.0 Å². The van der Waals surface area contributed by atoms with Gasteiger partial charge in [0, 0.05) is 43.5 Å². The fourth-order valence-corrected chi connectivity index (χ4v) is 6.01. The molecule has 0 radical (unpaired) electrons. The quantitative estimate of drug-likeness (QED) is 0.674. The minimum atomic E-state index is -3.55. The lowest BCUT2D eigenvalue weighted by Crippen LogP contribution is -2.47. The Morgan fingerprint density at radius 2 is 1.79 bits per heavy atom. The topological polar surface area (TPSA) is 98.8 Å². The second kappa shape index (κ2) is 9.93. The van der Waals surface area contributed by atoms with E-state index in [1.807, 2.05) is 36.1 Å². The molecule has 0 aromatic heterocycles. The van der Waals surface area contributed by atoms with Crippen LogP contribution in [0.1, 0.15) is 42.1 Å². The van der Waals surface area contributed by atoms with Gasteiger partial charge in [0.1, 0.15) is 0 Å². The smallest absolute Gasteiger partial charge is 0.251 e. The molecule has 1 atom stereocenters. The molecule has 2 fully saturated rings. The maximum absolute atomic E-state index is 12.9. The number of piperazine rings is 1. The van der Waals surface area contributed by atoms with Crippen molar-refractivity contribution in [3.05, 3.63) is 59.7 Å². The zero-order valence-electron chi connectivity index (χ0n) is 18.8. The third-order valence-electron chi connectivity index (χ3n) is 6.26. The van der Waals surface area contributed by atoms with Crippen LogP contribution in [0.15, 0.2) is 53.4 Å². The van der Waals surface area contributed by atoms with Crippen molar-refractivity contribution in [1.29, 1.82) is 0 Å². The fraction of sp³-hybridized carbons (Fsp3) is 0.417. The van der Waals surface area contributed by atoms with E-state index in [1.165, 1.54) is 12.1 Å². The summed E-state index contributed by atoms with van der Waals surface area (Å²) in [6.45, 7) is 4.57. The fourth-order valence-electron chi connectivity index (χ4n) is 4.31. The van der Waals surface area contributed by atoms with Gasteiger partial charge in [-0.3, -0.25) is 9.59 Å². The molecule has 33 heavy (non-hydrogen) atoms. The first kappa shape index (κ1) is 23.3. The number of carbonyl (C=O) groups is 2. The van der Waals surface area contributed by atoms with Crippen molar-refractivity contribution in [3.63, 3.8) is 0 Å². The highest BCUT2D eigenvalue weighted by molar-refractivity contribution is 7.89. The number of rotatable bonds is 6. The van der Waals surface area contributed by atoms with Gasteiger partial charge in [0.05, 0.1) is 11.4 Å². The van der Waals surface area contributed by atoms with Crippen molar-refractivity contribution in [3.8, 4) is 0 Å². The monoisotopic (exact) mass is 470 g/mol. The molecule has 2 aliphatic heterocycles. The average molecular weight is 471 g/mol. The third kappa shape index (κ3) is 5.36. The van der Waals surface area contributed by atoms with Crippen molar-refractivity contribution in [1.82, 2.24) is 14.9 Å². The van der Waals surface area contributed by atoms with E-state index in [0.29, 0.717) is 31.7 Å². The van der Waals surface area contributed by atoms with Gasteiger partial charge in [0.2, 0.25) is 15.9 Å². The molecule has 0 spiro atoms. The Kier molecular flexibility index (Phi) is 6.99. The largest absolute Gasteiger partial charge is 0.360 e. The highest BCUT2D eigenvalue weighted by Crippen LogP contribution is 2.25. The van der Waals surface area contributed by atoms with Gasteiger partial charge in [-0.1, -0.05) is 18.6 Å². The number of hydrogen-bond donors (Lipinski definition) is 2. The van der Waals surface area contributed by atoms with Gasteiger partial charge in [-0.05, 0) is 61.7 Å². The van der Waals surface area contributed by atoms with Gasteiger partial charge in [0.15, 0.2) is 0 Å². The standard InChI is InChI=1S/C24H30N4O4S/c1-18-4-2-3-14-28(18)33(31,32)22-11-7-20(8-12-22)24(30)26-16-19-5-9-21(10-6-19)27-15-13-25-23(29)17-27/h5-12,18H,2-4,13-17H2,1H3,(H,25,29)(H,26,30). The van der Waals surface area contributed by atoms with E-state index in [1.54, 1.807) is 16.4 Å². The number of anilines is 1. The molecule has 2 amide bonds. The van der Waals surface area contributed by atoms with Crippen LogP contribution in [0, 0.1) is 0 Å². The summed E-state index contributed by atoms with van der Waals surface area (Å²) in [7, 11) is -3.55. The van der Waals surface area contributed by atoms with Crippen molar-refractivity contribution >= 4 is 27.5 Å². The maximum atomic E-state index is 12.9. The summed E-state index contributed by atoms with van der Waals surface area (Å²) in [6.07, 6.45) is 2.79. The van der Waals surface area contributed by atoms with Crippen molar-refractivity contribution in [2.45, 2.75) is 43.7 Å². The lowest BCUT2D eigenvalue weighted by atomic mass is 10.1. The molecule has 176 valence electrons. The van der Waals surface area contributed by atoms with E-state index < -0.39 is 10.0 Å². The van der Waals surface area contributed by atoms with Gasteiger partial charge in [-0.2, -0.15) is 4.31 Å². The van der Waals surface area contributed by atoms with Crippen LogP contribution < -0.4 is 15.5 Å². The molecule has 2 aliphatic rings. The van der Waals surface area contributed by atoms with Crippen LogP contribution in [0.2, 0.25) is 0 Å². The highest BCUT2D eigenvalue weighted by Gasteiger charge is 2.30. The Labute approximate surface area is 195 Å². The number of hydrogen-bond acceptors (Lipinski definition) is 5. The molecule has 2 aromatic rings. The minimum absolute atomic E-state index is 0.00909. The van der Waals surface area contributed by atoms with E-state index in [2.05, 4.69) is 10.6 Å². The first-order valence-corrected chi connectivity index (χ1v) is 12.8. The summed E-state index contributed by atoms with van der Waals surface area (Å²) >= 11 is 0. The molecule has 9 heteroatoms. The van der Waals surface area contributed by atoms with E-state index in [-0.39, 0.29) is 22.8 Å². The molecule has 4 rings (SSSR count). The molecular formula is C24H30N4O4S. The van der Waals surface area contributed by atoms with Crippen molar-refractivity contribution in [2.24, 2.45) is 0 Å². The number of carbonyl (C=O) groups excluding carboxylic acids is 2. The van der Waals surface area contributed by atoms with Crippen LogP contribution in [0.4, 0.5) is 5.69 Å². The Morgan fingerprint density at radius 3 is 2.45 bits per heavy atom. The van der Waals surface area contributed by atoms with Gasteiger partial charge in [0.25, 0.3) is 5.91 Å². The van der Waals surface area contributed by atoms with Crippen LogP contribution in [0.5, 0.6) is 0 Å². The third-order valence-corrected chi connectivity index (χ3v) is 8.29. The number of amides is 2. The molecule has 0 aliphatic carbocycles. The lowest BCUT2D eigenvalue weighted by molar-refractivity contribution is -0.120. The Balaban J connectivity index is 1.35. The van der Waals surface area contributed by atoms with E-state index in [0.717, 1.165) is 37.1 Å². The van der Waals surface area contributed by atoms with Gasteiger partial charge >= 0.3 is 0 Å². The molecule has 0 bridgehead atoms. The zero-order chi connectivity index (χ0) is 23.4. The van der Waals surface area contributed by atoms with Gasteiger partial charge in [-0.25, -0.2) is 8.42 Å². The summed E-state index contributed by atoms with van der Waals surface area (Å²) in [5.41, 5.74) is 2.32. The van der Waals surface area contributed by atoms with E-state index in [4.69, 9.17) is 0 Å². The van der Waals surface area contributed by atoms with Crippen molar-refractivity contribution < 1.29 is 18.0 Å². The second-order valence-electron chi connectivity index (χ2n) is 8.61. The minimum Gasteiger partial charge on any atom is -0.360 e. The molecule has 2 heterocycles. The van der Waals surface area contributed by atoms with Gasteiger partial charge < -0.3 is 15.5 Å². The first-order valence-electron chi connectivity index (χ1n) is 11.4. The second-order valence-corrected chi connectivity index (χ2v) is 10.5. The summed E-state index contributed by atoms with van der Waals surface area (Å²) in [6, 6.07) is 13.9. The number of piperidine rings is 1. The summed E-state index contributed by atoms with van der Waals surface area (Å²) in [4.78, 5) is 26.4. The zero-order valence-corrected chi connectivity index (χ0v) is 19.6. The Hall–Kier alpha value is -2.91. The first-order chi connectivity index (χ1) is 15.8. The molecule has 2 aromatic carbocycles. The Bertz CT molecular complexity index is 1100. The number of nitrogens with zero attached hydrogens (tertiary/aromatic N) is 2. The van der Waals surface area contributed by atoms with E-state index >= 15 is 0 Å². The van der Waals surface area contributed by atoms with Crippen LogP contribution in [-0.2, 0) is 21.4 Å². The number of benzene rings is 2. The lowest BCUT2D eigenvalue weighted by Gasteiger charge is -2.32. The molecular weight excluding hydrogens is 440 g/mol. The van der Waals surface area contributed by atoms with Crippen LogP contribution in [0.25, 0.3) is 0 Å². The molecule has 0 saturated carbocycles. The maximum Gasteiger partial charge on any atom is 0.251 e. The predicted octanol–water partition coefficient (Wildman–Crippen LogP) is 2.12. The number of sulfonamides is 1. The summed E-state index contributed by atoms with van der Waals surface area (Å²) in [5, 5.41) is 5.68. The van der Waals surface area contributed by atoms with Crippen LogP contribution >= 0.6 is 0 Å². The summed E-state index contributed by atoms with van der Waals surface area (Å²) in [5.74, 6) is -0.246.